The van der Waals surface area contributed by atoms with Crippen molar-refractivity contribution in [3.8, 4) is 74.0 Å². The maximum atomic E-state index is 8.22. The summed E-state index contributed by atoms with van der Waals surface area (Å²) in [5.41, 5.74) is 30.1. The van der Waals surface area contributed by atoms with Crippen molar-refractivity contribution in [1.82, 2.24) is 70.9 Å². The van der Waals surface area contributed by atoms with Gasteiger partial charge < -0.3 is 4.42 Å². The number of rotatable bonds is 3. The van der Waals surface area contributed by atoms with Gasteiger partial charge in [-0.1, -0.05) is 102 Å². The molecule has 17 aromatic heterocycles. The molecule has 0 aliphatic carbocycles. The number of fused-ring (bicyclic) bond motifs is 35. The van der Waals surface area contributed by atoms with E-state index in [9.17, 15) is 0 Å². The first-order chi connectivity index (χ1) is 58.1. The predicted molar refractivity (Wildman–Crippen MR) is 442 cm³/mol. The lowest BCUT2D eigenvalue weighted by atomic mass is 10.1. The molecule has 22 heteroatoms. The summed E-state index contributed by atoms with van der Waals surface area (Å²) >= 11 is 1.84. The quantitative estimate of drug-likeness (QED) is 0.158. The van der Waals surface area contributed by atoms with Gasteiger partial charge in [0.2, 0.25) is 27.5 Å². The zero-order valence-corrected chi connectivity index (χ0v) is 62.6. The summed E-state index contributed by atoms with van der Waals surface area (Å²) in [5, 5.41) is 0. The van der Waals surface area contributed by atoms with Gasteiger partial charge in [0.25, 0.3) is 34.4 Å². The molecule has 0 amide bonds. The van der Waals surface area contributed by atoms with Crippen LogP contribution in [0.3, 0.4) is 0 Å². The number of nitrogens with zero attached hydrogens (tertiary/aromatic N) is 20. The Morgan fingerprint density at radius 2 is 0.817 bits per heavy atom. The van der Waals surface area contributed by atoms with Crippen LogP contribution < -0.4 is 22.8 Å². The van der Waals surface area contributed by atoms with E-state index < -0.39 is 6.98 Å². The SMILES string of the molecule is Cn1c2cccnc2c2c1[n+]1c(n2-c2ccccc2)-c2ccncc2C1.[2H]C([2H])([2H])n1c2cccnc2c2c1[n+]1c(n2-c2ccccc2)-c2ccncc2C1.c1ccc(-n2c3ccccc3n3c4[n+](cc23)Cc2ncccc2-4)cc1.c1cnc2c(c1)-c1n3c(c[n+]1C2)oc1ccccc13.c1cnc2c(c1)-c1n3c(c[n+]1C2)sc1ccccc13. The highest BCUT2D eigenvalue weighted by atomic mass is 32.1. The molecule has 546 valence electrons. The van der Waals surface area contributed by atoms with Crippen molar-refractivity contribution in [3.05, 3.63) is 339 Å². The van der Waals surface area contributed by atoms with Gasteiger partial charge >= 0.3 is 5.71 Å². The van der Waals surface area contributed by atoms with Crippen molar-refractivity contribution < 1.29 is 31.4 Å². The molecule has 0 saturated carbocycles. The Kier molecular flexibility index (Phi) is 13.5. The molecule has 5 aliphatic rings. The third-order valence-corrected chi connectivity index (χ3v) is 24.0. The zero-order valence-electron chi connectivity index (χ0n) is 64.7. The normalized spacial score (nSPS) is 13.3. The maximum absolute atomic E-state index is 8.22. The molecule has 0 N–H and O–H groups in total. The van der Waals surface area contributed by atoms with E-state index in [0.717, 1.165) is 111 Å². The van der Waals surface area contributed by atoms with E-state index in [2.05, 4.69) is 255 Å². The highest BCUT2D eigenvalue weighted by Crippen LogP contribution is 2.42. The van der Waals surface area contributed by atoms with Crippen LogP contribution in [0.25, 0.3) is 167 Å². The molecule has 0 bridgehead atoms. The predicted octanol–water partition coefficient (Wildman–Crippen LogP) is 15.3. The van der Waals surface area contributed by atoms with E-state index in [1.165, 1.54) is 98.6 Å². The van der Waals surface area contributed by atoms with Gasteiger partial charge in [-0.15, -0.1) is 0 Å². The largest absolute Gasteiger partial charge is 0.416 e. The van der Waals surface area contributed by atoms with Crippen molar-refractivity contribution in [3.63, 3.8) is 0 Å². The summed E-state index contributed by atoms with van der Waals surface area (Å²) < 4.78 is 60.5. The van der Waals surface area contributed by atoms with Gasteiger partial charge in [0.05, 0.1) is 86.3 Å². The van der Waals surface area contributed by atoms with E-state index in [0.29, 0.717) is 23.2 Å². The molecule has 115 heavy (non-hydrogen) atoms. The fraction of sp³-hybridized carbons (Fsp3) is 0.0753. The lowest BCUT2D eigenvalue weighted by molar-refractivity contribution is -0.670. The number of thiazole rings is 1. The smallest absolute Gasteiger partial charge is 0.336 e. The number of aromatic nitrogens is 20. The van der Waals surface area contributed by atoms with Gasteiger partial charge in [-0.05, 0) is 146 Å². The van der Waals surface area contributed by atoms with E-state index >= 15 is 0 Å². The lowest BCUT2D eigenvalue weighted by Crippen LogP contribution is -2.33. The minimum atomic E-state index is -2.33. The molecule has 0 saturated heterocycles. The number of imidazole rings is 6. The number of hydrogen-bond acceptors (Lipinski definition) is 9. The molecule has 22 heterocycles. The fourth-order valence-electron chi connectivity index (χ4n) is 18.2. The standard InChI is InChI=1S/2C21H16N5.C21H15N4.C15H10N3O.C15H10N3S/c2*1-24-17-8-5-10-23-18(17)19-21(24)25-13-14-12-22-11-9-16(14)20(25)26(19)15-6-3-2-4-7-15;1-2-7-15(8-3-1)24-18-10-4-5-11-19(18)25-20(24)14-23-13-17-16(21(23)25)9-6-12-22-17;2*1-2-6-13-12(5-1)18-14(19-13)9-17-8-11-10(15(17)18)4-3-7-16-11/h2*2-12H,13H2,1H3;1-12,14H,13H2;2*1-7,9H,8H2/q5*+1/i1D3;;;;. The molecule has 0 fully saturated rings. The van der Waals surface area contributed by atoms with Crippen LogP contribution in [-0.4, -0.2) is 70.9 Å². The van der Waals surface area contributed by atoms with Crippen LogP contribution in [0.2, 0.25) is 0 Å². The summed E-state index contributed by atoms with van der Waals surface area (Å²) in [6.07, 6.45) is 23.2. The summed E-state index contributed by atoms with van der Waals surface area (Å²) in [7, 11) is 2.12. The first-order valence-electron chi connectivity index (χ1n) is 39.7. The van der Waals surface area contributed by atoms with Gasteiger partial charge in [-0.3, -0.25) is 38.6 Å². The van der Waals surface area contributed by atoms with Crippen LogP contribution in [0.1, 0.15) is 32.3 Å². The summed E-state index contributed by atoms with van der Waals surface area (Å²) in [6.45, 7) is 1.60. The second-order valence-electron chi connectivity index (χ2n) is 29.3. The van der Waals surface area contributed by atoms with Crippen LogP contribution in [-0.2, 0) is 46.7 Å². The molecular formula is C93H67N20OS+5. The van der Waals surface area contributed by atoms with Gasteiger partial charge in [-0.25, -0.2) is 41.9 Å². The fourth-order valence-corrected chi connectivity index (χ4v) is 19.3. The van der Waals surface area contributed by atoms with Crippen molar-refractivity contribution in [1.29, 1.82) is 0 Å². The van der Waals surface area contributed by atoms with Gasteiger partial charge in [0.15, 0.2) is 34.5 Å². The van der Waals surface area contributed by atoms with Crippen molar-refractivity contribution in [2.75, 3.05) is 0 Å². The van der Waals surface area contributed by atoms with Crippen LogP contribution in [0, 0.1) is 0 Å². The summed E-state index contributed by atoms with van der Waals surface area (Å²) in [6, 6.07) is 80.6. The van der Waals surface area contributed by atoms with Crippen molar-refractivity contribution in [2.45, 2.75) is 32.7 Å². The average molecular weight is 1520 g/mol. The molecule has 21 nitrogen and oxygen atoms in total. The van der Waals surface area contributed by atoms with Crippen LogP contribution in [0.5, 0.6) is 0 Å². The van der Waals surface area contributed by atoms with Crippen LogP contribution in [0.15, 0.2) is 315 Å². The molecule has 28 rings (SSSR count). The minimum Gasteiger partial charge on any atom is -0.416 e. The van der Waals surface area contributed by atoms with Gasteiger partial charge in [-0.2, -0.15) is 13.2 Å². The molecule has 6 aromatic carbocycles. The molecule has 0 radical (unpaired) electrons. The van der Waals surface area contributed by atoms with Crippen LogP contribution in [0.4, 0.5) is 0 Å². The Labute approximate surface area is 662 Å². The third kappa shape index (κ3) is 9.59. The Morgan fingerprint density at radius 3 is 1.40 bits per heavy atom. The van der Waals surface area contributed by atoms with E-state index in [-0.39, 0.29) is 0 Å². The number of hydrogen-bond donors (Lipinski definition) is 0. The molecule has 0 atom stereocenters. The zero-order chi connectivity index (χ0) is 78.2. The van der Waals surface area contributed by atoms with E-state index in [1.807, 2.05) is 140 Å². The second kappa shape index (κ2) is 25.2. The Bertz CT molecular complexity index is 7920. The molecular weight excluding hydrogens is 1450 g/mol. The summed E-state index contributed by atoms with van der Waals surface area (Å²) in [4.78, 5) is 32.7. The number of pyridine rings is 7. The van der Waals surface area contributed by atoms with Gasteiger partial charge in [0.1, 0.15) is 59.3 Å². The summed E-state index contributed by atoms with van der Waals surface area (Å²) in [5.74, 6) is 5.77. The first-order valence-corrected chi connectivity index (χ1v) is 39.0. The topological polar surface area (TPSA) is 161 Å². The highest BCUT2D eigenvalue weighted by molar-refractivity contribution is 7.23. The minimum absolute atomic E-state index is 0.571. The Balaban J connectivity index is 0.0000000850. The number of aryl methyl sites for hydroxylation is 2. The second-order valence-corrected chi connectivity index (χ2v) is 30.3. The third-order valence-electron chi connectivity index (χ3n) is 23.0. The van der Waals surface area contributed by atoms with Crippen LogP contribution >= 0.6 is 11.3 Å². The van der Waals surface area contributed by atoms with Crippen molar-refractivity contribution in [2.24, 2.45) is 14.0 Å². The van der Waals surface area contributed by atoms with Gasteiger partial charge in [0, 0.05) is 72.6 Å². The maximum Gasteiger partial charge on any atom is 0.336 e. The lowest BCUT2D eigenvalue weighted by Gasteiger charge is -2.03. The number of benzene rings is 6. The number of para-hydroxylation sites is 8. The average Bonchev–Trinajstić information content (AvgIpc) is 1.34. The highest BCUT2D eigenvalue weighted by Gasteiger charge is 2.41. The monoisotopic (exact) mass is 1510 g/mol. The number of oxazole rings is 1. The first kappa shape index (κ1) is 61.6. The molecule has 5 aliphatic heterocycles. The Morgan fingerprint density at radius 1 is 0.365 bits per heavy atom. The van der Waals surface area contributed by atoms with E-state index in [1.54, 1.807) is 18.5 Å². The van der Waals surface area contributed by atoms with E-state index in [4.69, 9.17) is 13.5 Å². The van der Waals surface area contributed by atoms with Crippen molar-refractivity contribution >= 4 is 104 Å². The Hall–Kier alpha value is -15.2. The molecule has 0 spiro atoms. The molecule has 0 unspecified atom stereocenters. The molecule has 23 aromatic rings.